The fraction of sp³-hybridized carbons (Fsp3) is 1.00. The lowest BCUT2D eigenvalue weighted by Crippen LogP contribution is -2.28. The highest BCUT2D eigenvalue weighted by molar-refractivity contribution is 7.48. The molecule has 0 bridgehead atoms. The molecule has 0 aliphatic heterocycles. The SMILES string of the molecule is CCCCOP(=O)(OCC)OC(F)(F)CC(F)(F)F. The zero-order chi connectivity index (χ0) is 15.2. The van der Waals surface area contributed by atoms with Crippen LogP contribution in [0.25, 0.3) is 0 Å². The molecule has 0 aliphatic carbocycles. The van der Waals surface area contributed by atoms with Gasteiger partial charge in [0.05, 0.1) is 13.2 Å². The molecule has 0 aromatic rings. The van der Waals surface area contributed by atoms with E-state index in [1.807, 2.05) is 0 Å². The average molecular weight is 314 g/mol. The van der Waals surface area contributed by atoms with E-state index >= 15 is 0 Å². The van der Waals surface area contributed by atoms with Gasteiger partial charge in [-0.2, -0.15) is 22.0 Å². The monoisotopic (exact) mass is 314 g/mol. The maximum absolute atomic E-state index is 13.0. The van der Waals surface area contributed by atoms with Crippen molar-refractivity contribution >= 4 is 7.82 Å². The fourth-order valence-corrected chi connectivity index (χ4v) is 2.24. The van der Waals surface area contributed by atoms with Crippen LogP contribution in [-0.2, 0) is 18.1 Å². The van der Waals surface area contributed by atoms with Gasteiger partial charge in [-0.3, -0.25) is 9.05 Å². The Kier molecular flexibility index (Phi) is 7.42. The van der Waals surface area contributed by atoms with Gasteiger partial charge in [0.15, 0.2) is 0 Å². The maximum Gasteiger partial charge on any atom is 0.479 e. The van der Waals surface area contributed by atoms with Gasteiger partial charge in [-0.1, -0.05) is 13.3 Å². The largest absolute Gasteiger partial charge is 0.479 e. The summed E-state index contributed by atoms with van der Waals surface area (Å²) < 4.78 is 85.8. The van der Waals surface area contributed by atoms with Crippen molar-refractivity contribution < 1.29 is 40.1 Å². The summed E-state index contributed by atoms with van der Waals surface area (Å²) in [4.78, 5) is 0. The summed E-state index contributed by atoms with van der Waals surface area (Å²) in [5.41, 5.74) is 0. The first kappa shape index (κ1) is 18.8. The number of hydrogen-bond acceptors (Lipinski definition) is 4. The van der Waals surface area contributed by atoms with Crippen LogP contribution in [0.4, 0.5) is 22.0 Å². The molecule has 0 saturated carbocycles. The van der Waals surface area contributed by atoms with E-state index in [-0.39, 0.29) is 13.2 Å². The zero-order valence-corrected chi connectivity index (χ0v) is 11.4. The van der Waals surface area contributed by atoms with E-state index in [1.165, 1.54) is 6.92 Å². The predicted molar refractivity (Wildman–Crippen MR) is 56.8 cm³/mol. The number of rotatable bonds is 9. The molecule has 0 spiro atoms. The van der Waals surface area contributed by atoms with Crippen LogP contribution in [0.2, 0.25) is 0 Å². The molecule has 0 aromatic carbocycles. The molecule has 0 heterocycles. The highest BCUT2D eigenvalue weighted by Crippen LogP contribution is 2.55. The fourth-order valence-electron chi connectivity index (χ4n) is 0.998. The lowest BCUT2D eigenvalue weighted by atomic mass is 10.4. The van der Waals surface area contributed by atoms with Crippen LogP contribution in [0.3, 0.4) is 0 Å². The van der Waals surface area contributed by atoms with Crippen molar-refractivity contribution in [1.29, 1.82) is 0 Å². The molecule has 10 heteroatoms. The normalized spacial score (nSPS) is 16.4. The van der Waals surface area contributed by atoms with E-state index < -0.39 is 26.5 Å². The number of phosphoric acid groups is 1. The smallest absolute Gasteiger partial charge is 0.287 e. The van der Waals surface area contributed by atoms with E-state index in [0.29, 0.717) is 12.8 Å². The van der Waals surface area contributed by atoms with Gasteiger partial charge in [0.2, 0.25) is 0 Å². The Morgan fingerprint density at radius 1 is 1.05 bits per heavy atom. The summed E-state index contributed by atoms with van der Waals surface area (Å²) >= 11 is 0. The number of halogens is 5. The van der Waals surface area contributed by atoms with E-state index in [0.717, 1.165) is 0 Å². The summed E-state index contributed by atoms with van der Waals surface area (Å²) in [5, 5.41) is 0. The van der Waals surface area contributed by atoms with Crippen molar-refractivity contribution in [3.05, 3.63) is 0 Å². The maximum atomic E-state index is 13.0. The molecular weight excluding hydrogens is 298 g/mol. The number of hydrogen-bond donors (Lipinski definition) is 0. The molecule has 0 fully saturated rings. The Hall–Kier alpha value is -0.240. The van der Waals surface area contributed by atoms with Crippen molar-refractivity contribution in [3.8, 4) is 0 Å². The molecule has 1 atom stereocenters. The van der Waals surface area contributed by atoms with Crippen LogP contribution in [-0.4, -0.2) is 25.5 Å². The Labute approximate surface area is 107 Å². The summed E-state index contributed by atoms with van der Waals surface area (Å²) in [6.07, 6.45) is -11.4. The minimum absolute atomic E-state index is 0.212. The van der Waals surface area contributed by atoms with Crippen molar-refractivity contribution in [3.63, 3.8) is 0 Å². The van der Waals surface area contributed by atoms with Crippen molar-refractivity contribution in [2.75, 3.05) is 13.2 Å². The van der Waals surface area contributed by atoms with Gasteiger partial charge >= 0.3 is 20.1 Å². The lowest BCUT2D eigenvalue weighted by Gasteiger charge is -2.23. The Morgan fingerprint density at radius 3 is 2.05 bits per heavy atom. The molecule has 0 N–H and O–H groups in total. The first-order chi connectivity index (χ1) is 8.54. The molecule has 116 valence electrons. The quantitative estimate of drug-likeness (QED) is 0.357. The predicted octanol–water partition coefficient (Wildman–Crippen LogP) is 4.51. The van der Waals surface area contributed by atoms with Crippen molar-refractivity contribution in [2.45, 2.75) is 45.4 Å². The van der Waals surface area contributed by atoms with Gasteiger partial charge in [-0.25, -0.2) is 9.09 Å². The highest BCUT2D eigenvalue weighted by Gasteiger charge is 2.50. The van der Waals surface area contributed by atoms with E-state index in [2.05, 4.69) is 13.6 Å². The number of alkyl halides is 5. The second kappa shape index (κ2) is 7.52. The standard InChI is InChI=1S/C9H16F5O4P/c1-3-5-6-17-19(15,16-4-2)18-9(13,14)7-8(10,11)12/h3-7H2,1-2H3. The summed E-state index contributed by atoms with van der Waals surface area (Å²) in [7, 11) is -4.71. The molecule has 4 nitrogen and oxygen atoms in total. The summed E-state index contributed by atoms with van der Waals surface area (Å²) in [6, 6.07) is 0. The third-order valence-electron chi connectivity index (χ3n) is 1.69. The van der Waals surface area contributed by atoms with Crippen molar-refractivity contribution in [1.82, 2.24) is 0 Å². The molecular formula is C9H16F5O4P. The van der Waals surface area contributed by atoms with Gasteiger partial charge in [0.1, 0.15) is 6.42 Å². The molecule has 0 amide bonds. The molecule has 1 unspecified atom stereocenters. The first-order valence-electron chi connectivity index (χ1n) is 5.58. The molecule has 0 aromatic heterocycles. The van der Waals surface area contributed by atoms with Crippen LogP contribution in [0.5, 0.6) is 0 Å². The molecule has 0 aliphatic rings. The molecule has 0 rings (SSSR count). The van der Waals surface area contributed by atoms with E-state index in [1.54, 1.807) is 6.92 Å². The van der Waals surface area contributed by atoms with Gasteiger partial charge in [-0.15, -0.1) is 0 Å². The highest BCUT2D eigenvalue weighted by atomic mass is 31.2. The van der Waals surface area contributed by atoms with Crippen molar-refractivity contribution in [2.24, 2.45) is 0 Å². The topological polar surface area (TPSA) is 44.8 Å². The Morgan fingerprint density at radius 2 is 1.63 bits per heavy atom. The zero-order valence-electron chi connectivity index (χ0n) is 10.5. The van der Waals surface area contributed by atoms with Crippen LogP contribution >= 0.6 is 7.82 Å². The van der Waals surface area contributed by atoms with Gasteiger partial charge in [0.25, 0.3) is 0 Å². The molecule has 0 saturated heterocycles. The average Bonchev–Trinajstić information content (AvgIpc) is 2.12. The molecule has 0 radical (unpaired) electrons. The van der Waals surface area contributed by atoms with E-state index in [9.17, 15) is 26.5 Å². The Balaban J connectivity index is 4.67. The molecule has 19 heavy (non-hydrogen) atoms. The minimum Gasteiger partial charge on any atom is -0.287 e. The third-order valence-corrected chi connectivity index (χ3v) is 3.25. The van der Waals surface area contributed by atoms with Gasteiger partial charge < -0.3 is 0 Å². The van der Waals surface area contributed by atoms with Gasteiger partial charge in [-0.05, 0) is 13.3 Å². The summed E-state index contributed by atoms with van der Waals surface area (Å²) in [5.74, 6) is 0. The van der Waals surface area contributed by atoms with Crippen LogP contribution in [0.15, 0.2) is 0 Å². The number of unbranched alkanes of at least 4 members (excludes halogenated alkanes) is 1. The second-order valence-electron chi connectivity index (χ2n) is 3.57. The Bertz CT molecular complexity index is 307. The lowest BCUT2D eigenvalue weighted by molar-refractivity contribution is -0.261. The third kappa shape index (κ3) is 9.32. The van der Waals surface area contributed by atoms with Gasteiger partial charge in [0, 0.05) is 0 Å². The number of phosphoric ester groups is 1. The van der Waals surface area contributed by atoms with Crippen LogP contribution < -0.4 is 0 Å². The van der Waals surface area contributed by atoms with E-state index in [4.69, 9.17) is 0 Å². The second-order valence-corrected chi connectivity index (χ2v) is 5.17. The first-order valence-corrected chi connectivity index (χ1v) is 7.04. The minimum atomic E-state index is -5.16. The summed E-state index contributed by atoms with van der Waals surface area (Å²) in [6.45, 7) is 2.57. The van der Waals surface area contributed by atoms with Crippen LogP contribution in [0.1, 0.15) is 33.1 Å². The van der Waals surface area contributed by atoms with Crippen LogP contribution in [0, 0.1) is 0 Å².